The maximum Gasteiger partial charge on any atom is 0.287 e. The quantitative estimate of drug-likeness (QED) is 0.832. The maximum absolute atomic E-state index is 11.8. The van der Waals surface area contributed by atoms with Crippen LogP contribution < -0.4 is 5.73 Å². The molecular formula is C11H14N2O2S. The SMILES string of the molecule is CC(C)CS(=O)c1nc2ccc(N)cc2o1. The van der Waals surface area contributed by atoms with E-state index in [4.69, 9.17) is 10.2 Å². The Balaban J connectivity index is 2.36. The van der Waals surface area contributed by atoms with E-state index >= 15 is 0 Å². The highest BCUT2D eigenvalue weighted by Crippen LogP contribution is 2.20. The van der Waals surface area contributed by atoms with Crippen LogP contribution in [0.1, 0.15) is 13.8 Å². The third-order valence-corrected chi connectivity index (χ3v) is 3.61. The fourth-order valence-electron chi connectivity index (χ4n) is 1.39. The third-order valence-electron chi connectivity index (χ3n) is 2.07. The summed E-state index contributed by atoms with van der Waals surface area (Å²) in [5, 5.41) is 0.286. The average molecular weight is 238 g/mol. The van der Waals surface area contributed by atoms with Gasteiger partial charge in [0.2, 0.25) is 0 Å². The summed E-state index contributed by atoms with van der Waals surface area (Å²) in [6, 6.07) is 5.21. The summed E-state index contributed by atoms with van der Waals surface area (Å²) in [6.45, 7) is 4.02. The van der Waals surface area contributed by atoms with Gasteiger partial charge in [0.05, 0.1) is 0 Å². The van der Waals surface area contributed by atoms with Crippen molar-refractivity contribution in [2.75, 3.05) is 11.5 Å². The van der Waals surface area contributed by atoms with Crippen molar-refractivity contribution in [1.82, 2.24) is 4.98 Å². The van der Waals surface area contributed by atoms with Gasteiger partial charge >= 0.3 is 0 Å². The second-order valence-corrected chi connectivity index (χ2v) is 5.49. The molecule has 0 spiro atoms. The van der Waals surface area contributed by atoms with Gasteiger partial charge in [0, 0.05) is 17.5 Å². The van der Waals surface area contributed by atoms with Gasteiger partial charge in [-0.1, -0.05) is 13.8 Å². The zero-order chi connectivity index (χ0) is 11.7. The van der Waals surface area contributed by atoms with Gasteiger partial charge in [-0.2, -0.15) is 0 Å². The number of hydrogen-bond donors (Lipinski definition) is 1. The number of nitrogen functional groups attached to an aromatic ring is 1. The highest BCUT2D eigenvalue weighted by molar-refractivity contribution is 7.84. The first kappa shape index (κ1) is 11.1. The number of aromatic nitrogens is 1. The second-order valence-electron chi connectivity index (χ2n) is 4.11. The van der Waals surface area contributed by atoms with Crippen LogP contribution in [0.15, 0.2) is 27.8 Å². The van der Waals surface area contributed by atoms with Gasteiger partial charge in [-0.05, 0) is 18.1 Å². The second kappa shape index (κ2) is 4.25. The molecule has 86 valence electrons. The van der Waals surface area contributed by atoms with Crippen LogP contribution in [-0.4, -0.2) is 14.9 Å². The summed E-state index contributed by atoms with van der Waals surface area (Å²) in [5.74, 6) is 0.906. The number of nitrogens with zero attached hydrogens (tertiary/aromatic N) is 1. The molecule has 0 aliphatic carbocycles. The fourth-order valence-corrected chi connectivity index (χ4v) is 2.52. The van der Waals surface area contributed by atoms with Crippen molar-refractivity contribution in [2.24, 2.45) is 5.92 Å². The monoisotopic (exact) mass is 238 g/mol. The van der Waals surface area contributed by atoms with E-state index < -0.39 is 10.8 Å². The molecule has 2 N–H and O–H groups in total. The Labute approximate surface area is 96.3 Å². The molecule has 1 aromatic carbocycles. The molecular weight excluding hydrogens is 224 g/mol. The normalized spacial score (nSPS) is 13.4. The minimum absolute atomic E-state index is 0.286. The molecule has 16 heavy (non-hydrogen) atoms. The molecule has 0 amide bonds. The molecule has 2 aromatic rings. The predicted octanol–water partition coefficient (Wildman–Crippen LogP) is 2.17. The van der Waals surface area contributed by atoms with Crippen LogP contribution >= 0.6 is 0 Å². The number of rotatable bonds is 3. The summed E-state index contributed by atoms with van der Waals surface area (Å²) in [6.07, 6.45) is 0. The zero-order valence-electron chi connectivity index (χ0n) is 9.27. The average Bonchev–Trinajstić information content (AvgIpc) is 2.59. The van der Waals surface area contributed by atoms with Crippen LogP contribution in [0.5, 0.6) is 0 Å². The number of anilines is 1. The van der Waals surface area contributed by atoms with Crippen LogP contribution in [0, 0.1) is 5.92 Å². The first-order valence-electron chi connectivity index (χ1n) is 5.10. The molecule has 0 saturated carbocycles. The Hall–Kier alpha value is -1.36. The van der Waals surface area contributed by atoms with E-state index in [0.717, 1.165) is 0 Å². The molecule has 0 fully saturated rings. The summed E-state index contributed by atoms with van der Waals surface area (Å²) < 4.78 is 17.3. The molecule has 0 bridgehead atoms. The van der Waals surface area contributed by atoms with Gasteiger partial charge in [0.1, 0.15) is 16.3 Å². The highest BCUT2D eigenvalue weighted by atomic mass is 32.2. The minimum atomic E-state index is -1.17. The highest BCUT2D eigenvalue weighted by Gasteiger charge is 2.14. The maximum atomic E-state index is 11.8. The largest absolute Gasteiger partial charge is 0.430 e. The van der Waals surface area contributed by atoms with E-state index in [0.29, 0.717) is 28.5 Å². The van der Waals surface area contributed by atoms with Crippen LogP contribution in [-0.2, 0) is 10.8 Å². The molecule has 0 saturated heterocycles. The van der Waals surface area contributed by atoms with E-state index in [9.17, 15) is 4.21 Å². The van der Waals surface area contributed by atoms with Gasteiger partial charge in [-0.3, -0.25) is 0 Å². The molecule has 0 aliphatic rings. The Kier molecular flexibility index (Phi) is 2.96. The van der Waals surface area contributed by atoms with Crippen molar-refractivity contribution < 1.29 is 8.63 Å². The Morgan fingerprint density at radius 2 is 2.25 bits per heavy atom. The van der Waals surface area contributed by atoms with Crippen molar-refractivity contribution in [1.29, 1.82) is 0 Å². The summed E-state index contributed by atoms with van der Waals surface area (Å²) in [4.78, 5) is 4.18. The number of nitrogens with two attached hydrogens (primary N) is 1. The van der Waals surface area contributed by atoms with Crippen LogP contribution in [0.4, 0.5) is 5.69 Å². The molecule has 2 rings (SSSR count). The van der Waals surface area contributed by atoms with Gasteiger partial charge in [0.15, 0.2) is 5.58 Å². The standard InChI is InChI=1S/C11H14N2O2S/c1-7(2)6-16(14)11-13-9-4-3-8(12)5-10(9)15-11/h3-5,7H,6,12H2,1-2H3. The van der Waals surface area contributed by atoms with E-state index in [1.54, 1.807) is 18.2 Å². The molecule has 5 heteroatoms. The fraction of sp³-hybridized carbons (Fsp3) is 0.364. The molecule has 4 nitrogen and oxygen atoms in total. The lowest BCUT2D eigenvalue weighted by Gasteiger charge is -1.99. The third kappa shape index (κ3) is 2.24. The van der Waals surface area contributed by atoms with Crippen molar-refractivity contribution in [3.05, 3.63) is 18.2 Å². The van der Waals surface area contributed by atoms with E-state index in [1.165, 1.54) is 0 Å². The first-order valence-corrected chi connectivity index (χ1v) is 6.42. The van der Waals surface area contributed by atoms with Crippen molar-refractivity contribution in [2.45, 2.75) is 19.1 Å². The summed E-state index contributed by atoms with van der Waals surface area (Å²) in [5.41, 5.74) is 7.53. The first-order chi connectivity index (χ1) is 7.56. The molecule has 1 atom stereocenters. The molecule has 0 aliphatic heterocycles. The zero-order valence-corrected chi connectivity index (χ0v) is 10.1. The summed E-state index contributed by atoms with van der Waals surface area (Å²) in [7, 11) is -1.17. The topological polar surface area (TPSA) is 69.1 Å². The van der Waals surface area contributed by atoms with Crippen LogP contribution in [0.25, 0.3) is 11.1 Å². The Morgan fingerprint density at radius 1 is 1.50 bits per heavy atom. The van der Waals surface area contributed by atoms with Crippen molar-refractivity contribution >= 4 is 27.6 Å². The van der Waals surface area contributed by atoms with Crippen LogP contribution in [0.2, 0.25) is 0 Å². The molecule has 0 radical (unpaired) electrons. The van der Waals surface area contributed by atoms with Gasteiger partial charge in [-0.25, -0.2) is 9.19 Å². The van der Waals surface area contributed by atoms with Gasteiger partial charge in [0.25, 0.3) is 5.22 Å². The smallest absolute Gasteiger partial charge is 0.287 e. The lowest BCUT2D eigenvalue weighted by Crippen LogP contribution is -2.04. The number of benzene rings is 1. The van der Waals surface area contributed by atoms with E-state index in [1.807, 2.05) is 13.8 Å². The summed E-state index contributed by atoms with van der Waals surface area (Å²) >= 11 is 0. The number of hydrogen-bond acceptors (Lipinski definition) is 4. The van der Waals surface area contributed by atoms with Crippen molar-refractivity contribution in [3.8, 4) is 0 Å². The lowest BCUT2D eigenvalue weighted by molar-refractivity contribution is 0.476. The predicted molar refractivity (Wildman–Crippen MR) is 64.5 cm³/mol. The molecule has 1 heterocycles. The lowest BCUT2D eigenvalue weighted by atomic mass is 10.3. The van der Waals surface area contributed by atoms with E-state index in [2.05, 4.69) is 4.98 Å². The number of oxazole rings is 1. The number of fused-ring (bicyclic) bond motifs is 1. The van der Waals surface area contributed by atoms with Crippen molar-refractivity contribution in [3.63, 3.8) is 0 Å². The molecule has 1 unspecified atom stereocenters. The molecule has 1 aromatic heterocycles. The van der Waals surface area contributed by atoms with Crippen LogP contribution in [0.3, 0.4) is 0 Å². The Morgan fingerprint density at radius 3 is 2.94 bits per heavy atom. The minimum Gasteiger partial charge on any atom is -0.430 e. The van der Waals surface area contributed by atoms with Gasteiger partial charge in [-0.15, -0.1) is 0 Å². The van der Waals surface area contributed by atoms with Gasteiger partial charge < -0.3 is 10.2 Å². The Bertz CT molecular complexity index is 534. The van der Waals surface area contributed by atoms with E-state index in [-0.39, 0.29) is 5.22 Å².